The van der Waals surface area contributed by atoms with Crippen LogP contribution >= 0.6 is 11.6 Å². The van der Waals surface area contributed by atoms with Crippen molar-refractivity contribution in [1.82, 2.24) is 4.98 Å². The fourth-order valence-electron chi connectivity index (χ4n) is 4.38. The first-order chi connectivity index (χ1) is 11.5. The third kappa shape index (κ3) is 2.40. The van der Waals surface area contributed by atoms with Crippen molar-refractivity contribution < 1.29 is 9.84 Å². The lowest BCUT2D eigenvalue weighted by Crippen LogP contribution is -2.62. The van der Waals surface area contributed by atoms with Gasteiger partial charge in [0.15, 0.2) is 0 Å². The molecule has 0 bridgehead atoms. The van der Waals surface area contributed by atoms with E-state index in [9.17, 15) is 5.11 Å². The lowest BCUT2D eigenvalue weighted by atomic mass is 9.58. The number of ether oxygens (including phenoxy) is 1. The minimum absolute atomic E-state index is 0.0551. The molecule has 5 heteroatoms. The molecule has 2 fully saturated rings. The molecule has 1 saturated carbocycles. The highest BCUT2D eigenvalue weighted by Gasteiger charge is 2.55. The number of hydrogen-bond donors (Lipinski definition) is 1. The number of halogens is 1. The molecule has 1 saturated heterocycles. The van der Waals surface area contributed by atoms with E-state index in [1.165, 1.54) is 5.56 Å². The van der Waals surface area contributed by atoms with E-state index in [0.717, 1.165) is 49.1 Å². The largest absolute Gasteiger partial charge is 0.392 e. The average molecular weight is 347 g/mol. The minimum atomic E-state index is -0.227. The van der Waals surface area contributed by atoms with Crippen LogP contribution in [0, 0.1) is 12.3 Å². The average Bonchev–Trinajstić information content (AvgIpc) is 2.59. The number of rotatable bonds is 2. The van der Waals surface area contributed by atoms with Gasteiger partial charge in [0.1, 0.15) is 5.82 Å². The number of piperidine rings is 1. The summed E-state index contributed by atoms with van der Waals surface area (Å²) in [5, 5.41) is 12.1. The standard InChI is InChI=1S/C19H23ClN2O2/c1-12-9-18(21-15-10-13(20)3-4-14(12)15)22-7-5-19(6-8-22)16(23)11-17(19)24-2/h3-4,9-10,16-17,23H,5-8,11H2,1-2H3/t16-,17+/m1/s1. The number of anilines is 1. The molecule has 4 rings (SSSR count). The van der Waals surface area contributed by atoms with Crippen LogP contribution < -0.4 is 4.90 Å². The second-order valence-corrected chi connectivity index (χ2v) is 7.59. The van der Waals surface area contributed by atoms with Crippen molar-refractivity contribution >= 4 is 28.3 Å². The number of benzene rings is 1. The van der Waals surface area contributed by atoms with Crippen LogP contribution in [0.4, 0.5) is 5.82 Å². The van der Waals surface area contributed by atoms with E-state index in [1.54, 1.807) is 7.11 Å². The van der Waals surface area contributed by atoms with Crippen molar-refractivity contribution in [2.75, 3.05) is 25.1 Å². The fourth-order valence-corrected chi connectivity index (χ4v) is 4.55. The SMILES string of the molecule is CO[C@H]1C[C@@H](O)C12CCN(c1cc(C)c3ccc(Cl)cc3n1)CC2. The Morgan fingerprint density at radius 2 is 2.04 bits per heavy atom. The lowest BCUT2D eigenvalue weighted by molar-refractivity contribution is -0.190. The Balaban J connectivity index is 1.59. The molecule has 128 valence electrons. The summed E-state index contributed by atoms with van der Waals surface area (Å²) in [5.41, 5.74) is 2.10. The number of methoxy groups -OCH3 is 1. The second-order valence-electron chi connectivity index (χ2n) is 7.15. The van der Waals surface area contributed by atoms with Gasteiger partial charge in [-0.3, -0.25) is 0 Å². The molecule has 4 nitrogen and oxygen atoms in total. The van der Waals surface area contributed by atoms with E-state index in [1.807, 2.05) is 18.2 Å². The molecule has 0 radical (unpaired) electrons. The van der Waals surface area contributed by atoms with Crippen LogP contribution in [0.1, 0.15) is 24.8 Å². The van der Waals surface area contributed by atoms with E-state index in [4.69, 9.17) is 21.3 Å². The molecule has 2 aliphatic rings. The molecule has 1 aliphatic heterocycles. The Kier molecular flexibility index (Phi) is 3.94. The minimum Gasteiger partial charge on any atom is -0.392 e. The summed E-state index contributed by atoms with van der Waals surface area (Å²) < 4.78 is 5.57. The molecule has 2 atom stereocenters. The van der Waals surface area contributed by atoms with Gasteiger partial charge in [-0.1, -0.05) is 17.7 Å². The Labute approximate surface area is 147 Å². The summed E-state index contributed by atoms with van der Waals surface area (Å²) in [6, 6.07) is 8.02. The molecule has 0 unspecified atom stereocenters. The molecule has 1 N–H and O–H groups in total. The van der Waals surface area contributed by atoms with E-state index in [0.29, 0.717) is 5.02 Å². The molecular weight excluding hydrogens is 324 g/mol. The van der Waals surface area contributed by atoms with E-state index in [-0.39, 0.29) is 17.6 Å². The predicted molar refractivity (Wildman–Crippen MR) is 96.8 cm³/mol. The monoisotopic (exact) mass is 346 g/mol. The number of hydrogen-bond acceptors (Lipinski definition) is 4. The maximum Gasteiger partial charge on any atom is 0.129 e. The van der Waals surface area contributed by atoms with Crippen molar-refractivity contribution in [2.45, 2.75) is 38.4 Å². The van der Waals surface area contributed by atoms with E-state index in [2.05, 4.69) is 17.9 Å². The number of nitrogens with zero attached hydrogens (tertiary/aromatic N) is 2. The van der Waals surface area contributed by atoms with Crippen molar-refractivity contribution in [2.24, 2.45) is 5.41 Å². The number of aliphatic hydroxyl groups excluding tert-OH is 1. The number of aryl methyl sites for hydroxylation is 1. The number of aliphatic hydroxyl groups is 1. The van der Waals surface area contributed by atoms with E-state index < -0.39 is 0 Å². The van der Waals surface area contributed by atoms with Crippen LogP contribution in [0.25, 0.3) is 10.9 Å². The Bertz CT molecular complexity index is 771. The Morgan fingerprint density at radius 1 is 1.29 bits per heavy atom. The van der Waals surface area contributed by atoms with Crippen LogP contribution in [0.15, 0.2) is 24.3 Å². The predicted octanol–water partition coefficient (Wildman–Crippen LogP) is 3.56. The van der Waals surface area contributed by atoms with Crippen LogP contribution in [-0.2, 0) is 4.74 Å². The quantitative estimate of drug-likeness (QED) is 0.903. The number of aromatic nitrogens is 1. The maximum absolute atomic E-state index is 10.3. The number of fused-ring (bicyclic) bond motifs is 1. The Hall–Kier alpha value is -1.36. The molecule has 2 aromatic rings. The van der Waals surface area contributed by atoms with Gasteiger partial charge in [-0.25, -0.2) is 4.98 Å². The van der Waals surface area contributed by atoms with Crippen molar-refractivity contribution in [3.05, 3.63) is 34.9 Å². The lowest BCUT2D eigenvalue weighted by Gasteiger charge is -2.56. The first-order valence-corrected chi connectivity index (χ1v) is 8.94. The molecule has 1 aromatic carbocycles. The van der Waals surface area contributed by atoms with Gasteiger partial charge in [-0.2, -0.15) is 0 Å². The van der Waals surface area contributed by atoms with Gasteiger partial charge in [0, 0.05) is 42.4 Å². The smallest absolute Gasteiger partial charge is 0.129 e. The molecule has 24 heavy (non-hydrogen) atoms. The van der Waals surface area contributed by atoms with Crippen LogP contribution in [-0.4, -0.2) is 42.5 Å². The van der Waals surface area contributed by atoms with Gasteiger partial charge >= 0.3 is 0 Å². The first-order valence-electron chi connectivity index (χ1n) is 8.56. The highest BCUT2D eigenvalue weighted by Crippen LogP contribution is 2.51. The zero-order chi connectivity index (χ0) is 16.9. The summed E-state index contributed by atoms with van der Waals surface area (Å²) in [6.07, 6.45) is 2.62. The van der Waals surface area contributed by atoms with Crippen molar-refractivity contribution in [3.8, 4) is 0 Å². The highest BCUT2D eigenvalue weighted by molar-refractivity contribution is 6.31. The molecular formula is C19H23ClN2O2. The molecule has 1 aliphatic carbocycles. The van der Waals surface area contributed by atoms with E-state index >= 15 is 0 Å². The van der Waals surface area contributed by atoms with Crippen LogP contribution in [0.5, 0.6) is 0 Å². The zero-order valence-corrected chi connectivity index (χ0v) is 14.9. The summed E-state index contributed by atoms with van der Waals surface area (Å²) >= 11 is 6.13. The van der Waals surface area contributed by atoms with Gasteiger partial charge < -0.3 is 14.7 Å². The third-order valence-corrected chi connectivity index (χ3v) is 6.25. The van der Waals surface area contributed by atoms with Crippen LogP contribution in [0.3, 0.4) is 0 Å². The maximum atomic E-state index is 10.3. The Morgan fingerprint density at radius 3 is 2.71 bits per heavy atom. The van der Waals surface area contributed by atoms with Gasteiger partial charge in [0.2, 0.25) is 0 Å². The van der Waals surface area contributed by atoms with Crippen molar-refractivity contribution in [3.63, 3.8) is 0 Å². The molecule has 1 aromatic heterocycles. The summed E-state index contributed by atoms with van der Waals surface area (Å²) in [5.74, 6) is 1.000. The summed E-state index contributed by atoms with van der Waals surface area (Å²) in [4.78, 5) is 7.13. The topological polar surface area (TPSA) is 45.6 Å². The highest BCUT2D eigenvalue weighted by atomic mass is 35.5. The number of pyridine rings is 1. The third-order valence-electron chi connectivity index (χ3n) is 6.01. The van der Waals surface area contributed by atoms with Gasteiger partial charge in [-0.15, -0.1) is 0 Å². The summed E-state index contributed by atoms with van der Waals surface area (Å²) in [7, 11) is 1.75. The van der Waals surface area contributed by atoms with Gasteiger partial charge in [0.25, 0.3) is 0 Å². The normalized spacial score (nSPS) is 25.9. The van der Waals surface area contributed by atoms with Crippen molar-refractivity contribution in [1.29, 1.82) is 0 Å². The second kappa shape index (κ2) is 5.87. The van der Waals surface area contributed by atoms with Gasteiger partial charge in [-0.05, 0) is 43.5 Å². The van der Waals surface area contributed by atoms with Crippen LogP contribution in [0.2, 0.25) is 5.02 Å². The molecule has 2 heterocycles. The first kappa shape index (κ1) is 16.1. The molecule has 0 amide bonds. The summed E-state index contributed by atoms with van der Waals surface area (Å²) in [6.45, 7) is 3.91. The van der Waals surface area contributed by atoms with Gasteiger partial charge in [0.05, 0.1) is 17.7 Å². The molecule has 1 spiro atoms. The fraction of sp³-hybridized carbons (Fsp3) is 0.526. The zero-order valence-electron chi connectivity index (χ0n) is 14.1.